The lowest BCUT2D eigenvalue weighted by Gasteiger charge is -2.20. The van der Waals surface area contributed by atoms with Gasteiger partial charge in [-0.3, -0.25) is 23.4 Å². The highest BCUT2D eigenvalue weighted by Gasteiger charge is 2.28. The molecule has 0 amide bonds. The number of unbranched alkanes of at least 4 members (excludes halogenated alkanes) is 13. The zero-order valence-corrected chi connectivity index (χ0v) is 34.1. The van der Waals surface area contributed by atoms with Crippen molar-refractivity contribution in [3.8, 4) is 0 Å². The average Bonchev–Trinajstić information content (AvgIpc) is 3.13. The molecule has 0 spiro atoms. The molecule has 0 aromatic heterocycles. The molecule has 0 aliphatic rings. The zero-order chi connectivity index (χ0) is 40.1. The van der Waals surface area contributed by atoms with Crippen LogP contribution in [0.5, 0.6) is 0 Å². The fourth-order valence-electron chi connectivity index (χ4n) is 5.13. The van der Waals surface area contributed by atoms with E-state index in [-0.39, 0.29) is 25.6 Å². The first-order chi connectivity index (χ1) is 26.0. The number of rotatable bonds is 37. The number of esters is 2. The van der Waals surface area contributed by atoms with Crippen molar-refractivity contribution in [2.24, 2.45) is 5.73 Å². The number of aliphatic hydroxyl groups excluding tert-OH is 1. The van der Waals surface area contributed by atoms with Gasteiger partial charge >= 0.3 is 25.7 Å². The number of allylic oxidation sites excluding steroid dienone is 8. The van der Waals surface area contributed by atoms with E-state index in [1.807, 2.05) is 19.1 Å². The summed E-state index contributed by atoms with van der Waals surface area (Å²) in [6, 6.07) is -1.53. The predicted octanol–water partition coefficient (Wildman–Crippen LogP) is 9.19. The Hall–Kier alpha value is -2.60. The Kier molecular flexibility index (Phi) is 34.3. The first-order valence-electron chi connectivity index (χ1n) is 20.2. The number of carbonyl (C=O) groups excluding carboxylic acids is 2. The van der Waals surface area contributed by atoms with E-state index >= 15 is 0 Å². The highest BCUT2D eigenvalue weighted by molar-refractivity contribution is 7.47. The van der Waals surface area contributed by atoms with E-state index < -0.39 is 51.1 Å². The number of aliphatic hydroxyl groups is 1. The molecule has 12 nitrogen and oxygen atoms in total. The van der Waals surface area contributed by atoms with Crippen LogP contribution < -0.4 is 5.73 Å². The van der Waals surface area contributed by atoms with Crippen molar-refractivity contribution in [2.45, 2.75) is 173 Å². The number of ether oxygens (including phenoxy) is 2. The zero-order valence-electron chi connectivity index (χ0n) is 33.2. The molecule has 0 heterocycles. The number of nitrogens with two attached hydrogens (primary N) is 1. The topological polar surface area (TPSA) is 192 Å². The van der Waals surface area contributed by atoms with E-state index in [2.05, 4.69) is 47.9 Å². The molecule has 0 fully saturated rings. The van der Waals surface area contributed by atoms with Crippen LogP contribution in [0.2, 0.25) is 0 Å². The monoisotopic (exact) mass is 785 g/mol. The van der Waals surface area contributed by atoms with Gasteiger partial charge in [0.05, 0.1) is 19.3 Å². The van der Waals surface area contributed by atoms with E-state index in [1.54, 1.807) is 0 Å². The lowest BCUT2D eigenvalue weighted by atomic mass is 10.0. The van der Waals surface area contributed by atoms with Gasteiger partial charge in [-0.15, -0.1) is 0 Å². The van der Waals surface area contributed by atoms with Crippen LogP contribution in [-0.4, -0.2) is 71.1 Å². The van der Waals surface area contributed by atoms with Gasteiger partial charge in [-0.1, -0.05) is 126 Å². The summed E-state index contributed by atoms with van der Waals surface area (Å²) in [5.41, 5.74) is 5.31. The number of hydrogen-bond acceptors (Lipinski definition) is 10. The minimum atomic E-state index is -4.73. The molecule has 0 aliphatic heterocycles. The van der Waals surface area contributed by atoms with Crippen LogP contribution in [-0.2, 0) is 37.5 Å². The molecular formula is C41H72NO11P. The second-order valence-electron chi connectivity index (χ2n) is 13.7. The standard InChI is InChI=1S/C41H72NO11P/c1-3-4-5-6-7-8-9-16-19-22-25-28-31-39(44)50-33-37(34-51-54(48,49)52-35-38(42)41(46)47)53-40(45)32-29-26-23-20-17-14-12-10-11-13-15-18-21-24-27-30-36(2)43/h11-14,18,20-21,23,36-38,43H,3-10,15-17,19,22,24-35,42H2,1-2H3,(H,46,47)(H,48,49)/b13-11-,14-12-,21-18-,23-20-/t36-,37+,38-/m0/s1. The summed E-state index contributed by atoms with van der Waals surface area (Å²) in [4.78, 5) is 45.8. The molecule has 4 atom stereocenters. The van der Waals surface area contributed by atoms with Crippen molar-refractivity contribution in [1.82, 2.24) is 0 Å². The van der Waals surface area contributed by atoms with Crippen LogP contribution in [0.25, 0.3) is 0 Å². The fourth-order valence-corrected chi connectivity index (χ4v) is 5.91. The quantitative estimate of drug-likeness (QED) is 0.0202. The summed E-state index contributed by atoms with van der Waals surface area (Å²) < 4.78 is 32.5. The lowest BCUT2D eigenvalue weighted by Crippen LogP contribution is -2.34. The summed E-state index contributed by atoms with van der Waals surface area (Å²) in [6.07, 6.45) is 36.0. The summed E-state index contributed by atoms with van der Waals surface area (Å²) in [5.74, 6) is -2.48. The normalized spacial score (nSPS) is 14.9. The number of carboxylic acid groups (broad SMARTS) is 1. The Balaban J connectivity index is 4.51. The third kappa shape index (κ3) is 36.4. The van der Waals surface area contributed by atoms with Crippen molar-refractivity contribution in [1.29, 1.82) is 0 Å². The first kappa shape index (κ1) is 51.4. The third-order valence-corrected chi connectivity index (χ3v) is 9.30. The van der Waals surface area contributed by atoms with Crippen molar-refractivity contribution in [2.75, 3.05) is 19.8 Å². The van der Waals surface area contributed by atoms with Gasteiger partial charge in [0.25, 0.3) is 0 Å². The van der Waals surface area contributed by atoms with Gasteiger partial charge in [0, 0.05) is 12.8 Å². The molecule has 1 unspecified atom stereocenters. The molecule has 54 heavy (non-hydrogen) atoms. The highest BCUT2D eigenvalue weighted by atomic mass is 31.2. The van der Waals surface area contributed by atoms with E-state index in [4.69, 9.17) is 24.8 Å². The molecule has 0 bridgehead atoms. The van der Waals surface area contributed by atoms with Gasteiger partial charge in [-0.2, -0.15) is 0 Å². The molecule has 0 saturated carbocycles. The van der Waals surface area contributed by atoms with Gasteiger partial charge in [0.2, 0.25) is 0 Å². The number of hydrogen-bond donors (Lipinski definition) is 4. The Morgan fingerprint density at radius 3 is 1.63 bits per heavy atom. The molecule has 0 saturated heterocycles. The maximum absolute atomic E-state index is 12.6. The molecule has 312 valence electrons. The molecular weight excluding hydrogens is 713 g/mol. The number of phosphoric ester groups is 1. The number of carbonyl (C=O) groups is 3. The summed E-state index contributed by atoms with van der Waals surface area (Å²) in [7, 11) is -4.73. The Labute approximate surface area is 325 Å². The summed E-state index contributed by atoms with van der Waals surface area (Å²) in [6.45, 7) is 2.27. The van der Waals surface area contributed by atoms with Crippen LogP contribution in [0.3, 0.4) is 0 Å². The largest absolute Gasteiger partial charge is 0.480 e. The molecule has 0 rings (SSSR count). The van der Waals surface area contributed by atoms with Crippen molar-refractivity contribution in [3.05, 3.63) is 48.6 Å². The Morgan fingerprint density at radius 2 is 1.11 bits per heavy atom. The number of phosphoric acid groups is 1. The summed E-state index contributed by atoms with van der Waals surface area (Å²) in [5, 5.41) is 18.1. The highest BCUT2D eigenvalue weighted by Crippen LogP contribution is 2.43. The lowest BCUT2D eigenvalue weighted by molar-refractivity contribution is -0.161. The van der Waals surface area contributed by atoms with Crippen LogP contribution in [0.1, 0.15) is 155 Å². The van der Waals surface area contributed by atoms with Crippen molar-refractivity contribution >= 4 is 25.7 Å². The van der Waals surface area contributed by atoms with E-state index in [0.29, 0.717) is 19.3 Å². The smallest absolute Gasteiger partial charge is 0.472 e. The molecule has 0 radical (unpaired) electrons. The summed E-state index contributed by atoms with van der Waals surface area (Å²) >= 11 is 0. The molecule has 13 heteroatoms. The predicted molar refractivity (Wildman–Crippen MR) is 214 cm³/mol. The van der Waals surface area contributed by atoms with E-state index in [9.17, 15) is 28.9 Å². The number of aliphatic carboxylic acids is 1. The van der Waals surface area contributed by atoms with Gasteiger partial charge in [-0.25, -0.2) is 4.57 Å². The second-order valence-corrected chi connectivity index (χ2v) is 15.2. The van der Waals surface area contributed by atoms with Crippen LogP contribution in [0.15, 0.2) is 48.6 Å². The minimum Gasteiger partial charge on any atom is -0.480 e. The first-order valence-corrected chi connectivity index (χ1v) is 21.7. The van der Waals surface area contributed by atoms with Crippen molar-refractivity contribution in [3.63, 3.8) is 0 Å². The third-order valence-electron chi connectivity index (χ3n) is 8.35. The maximum Gasteiger partial charge on any atom is 0.472 e. The molecule has 0 aliphatic carbocycles. The van der Waals surface area contributed by atoms with E-state index in [0.717, 1.165) is 57.8 Å². The Bertz CT molecular complexity index is 1120. The van der Waals surface area contributed by atoms with Gasteiger partial charge < -0.3 is 30.3 Å². The van der Waals surface area contributed by atoms with Crippen LogP contribution in [0, 0.1) is 0 Å². The number of carboxylic acids is 1. The Morgan fingerprint density at radius 1 is 0.648 bits per heavy atom. The fraction of sp³-hybridized carbons (Fsp3) is 0.732. The SMILES string of the molecule is CCCCCCCCCCCCCCC(=O)OC[C@H](COP(=O)(O)OC[C@H](N)C(=O)O)OC(=O)CCC/C=C\C/C=C\C/C=C\C/C=C\CCC[C@H](C)O. The van der Waals surface area contributed by atoms with Crippen LogP contribution in [0.4, 0.5) is 0 Å². The molecule has 5 N–H and O–H groups in total. The molecule has 0 aromatic carbocycles. The second kappa shape index (κ2) is 36.1. The maximum atomic E-state index is 12.6. The van der Waals surface area contributed by atoms with Crippen molar-refractivity contribution < 1.29 is 52.6 Å². The van der Waals surface area contributed by atoms with Crippen LogP contribution >= 0.6 is 7.82 Å². The van der Waals surface area contributed by atoms with Gasteiger partial charge in [-0.05, 0) is 64.7 Å². The van der Waals surface area contributed by atoms with Gasteiger partial charge in [0.1, 0.15) is 12.6 Å². The molecule has 0 aromatic rings. The van der Waals surface area contributed by atoms with Gasteiger partial charge in [0.15, 0.2) is 6.10 Å². The van der Waals surface area contributed by atoms with E-state index in [1.165, 1.54) is 51.4 Å². The average molecular weight is 786 g/mol. The minimum absolute atomic E-state index is 0.0734.